The van der Waals surface area contributed by atoms with Crippen LogP contribution >= 0.6 is 11.6 Å². The van der Waals surface area contributed by atoms with Crippen LogP contribution in [0.2, 0.25) is 5.22 Å². The first-order valence-electron chi connectivity index (χ1n) is 6.26. The van der Waals surface area contributed by atoms with Crippen LogP contribution in [0.25, 0.3) is 10.8 Å². The maximum atomic E-state index is 6.20. The monoisotopic (exact) mass is 287 g/mol. The molecule has 20 heavy (non-hydrogen) atoms. The highest BCUT2D eigenvalue weighted by atomic mass is 35.5. The molecule has 2 N–H and O–H groups in total. The van der Waals surface area contributed by atoms with Crippen LogP contribution in [-0.2, 0) is 0 Å². The number of methoxy groups -OCH3 is 1. The zero-order valence-corrected chi connectivity index (χ0v) is 11.7. The Morgan fingerprint density at radius 2 is 1.80 bits per heavy atom. The van der Waals surface area contributed by atoms with Gasteiger partial charge >= 0.3 is 0 Å². The van der Waals surface area contributed by atoms with Gasteiger partial charge < -0.3 is 14.9 Å². The Morgan fingerprint density at radius 1 is 1.05 bits per heavy atom. The van der Waals surface area contributed by atoms with Crippen molar-refractivity contribution in [1.82, 2.24) is 0 Å². The predicted molar refractivity (Wildman–Crippen MR) is 80.2 cm³/mol. The van der Waals surface area contributed by atoms with E-state index in [9.17, 15) is 0 Å². The lowest BCUT2D eigenvalue weighted by Crippen LogP contribution is -2.10. The largest absolute Gasteiger partial charge is 0.497 e. The minimum atomic E-state index is -0.325. The van der Waals surface area contributed by atoms with E-state index in [0.29, 0.717) is 11.0 Å². The summed E-state index contributed by atoms with van der Waals surface area (Å²) in [5.74, 6) is 1.50. The number of fused-ring (bicyclic) bond motifs is 1. The molecule has 0 amide bonds. The Morgan fingerprint density at radius 3 is 2.50 bits per heavy atom. The van der Waals surface area contributed by atoms with Crippen LogP contribution in [0.4, 0.5) is 0 Å². The molecule has 2 aromatic carbocycles. The Bertz CT molecular complexity index is 751. The molecule has 0 aliphatic rings. The summed E-state index contributed by atoms with van der Waals surface area (Å²) in [7, 11) is 1.66. The van der Waals surface area contributed by atoms with Gasteiger partial charge in [-0.15, -0.1) is 0 Å². The molecule has 3 nitrogen and oxygen atoms in total. The normalized spacial score (nSPS) is 12.6. The molecule has 1 heterocycles. The highest BCUT2D eigenvalue weighted by Gasteiger charge is 2.13. The van der Waals surface area contributed by atoms with Gasteiger partial charge in [0.1, 0.15) is 11.5 Å². The number of hydrogen-bond acceptors (Lipinski definition) is 3. The molecule has 0 aliphatic heterocycles. The van der Waals surface area contributed by atoms with Gasteiger partial charge in [0.25, 0.3) is 0 Å². The van der Waals surface area contributed by atoms with Crippen molar-refractivity contribution in [1.29, 1.82) is 0 Å². The molecule has 3 aromatic rings. The van der Waals surface area contributed by atoms with E-state index in [0.717, 1.165) is 22.1 Å². The van der Waals surface area contributed by atoms with Crippen molar-refractivity contribution in [2.45, 2.75) is 6.04 Å². The summed E-state index contributed by atoms with van der Waals surface area (Å²) in [5, 5.41) is 2.56. The fourth-order valence-corrected chi connectivity index (χ4v) is 2.37. The Balaban J connectivity index is 2.00. The van der Waals surface area contributed by atoms with E-state index in [1.165, 1.54) is 0 Å². The van der Waals surface area contributed by atoms with Gasteiger partial charge in [0, 0.05) is 0 Å². The molecule has 1 aromatic heterocycles. The number of rotatable bonds is 3. The third kappa shape index (κ3) is 2.38. The number of furan rings is 1. The summed E-state index contributed by atoms with van der Waals surface area (Å²) in [6.45, 7) is 0. The Kier molecular flexibility index (Phi) is 3.38. The molecular weight excluding hydrogens is 274 g/mol. The summed E-state index contributed by atoms with van der Waals surface area (Å²) in [6, 6.07) is 15.2. The van der Waals surface area contributed by atoms with E-state index in [4.69, 9.17) is 26.5 Å². The van der Waals surface area contributed by atoms with Gasteiger partial charge in [-0.3, -0.25) is 0 Å². The molecule has 0 radical (unpaired) electrons. The number of benzene rings is 2. The van der Waals surface area contributed by atoms with Crippen molar-refractivity contribution >= 4 is 22.4 Å². The molecule has 3 rings (SSSR count). The second-order valence-electron chi connectivity index (χ2n) is 4.59. The summed E-state index contributed by atoms with van der Waals surface area (Å²) in [4.78, 5) is 0. The van der Waals surface area contributed by atoms with E-state index in [1.54, 1.807) is 19.2 Å². The second kappa shape index (κ2) is 5.19. The van der Waals surface area contributed by atoms with Crippen LogP contribution in [0, 0.1) is 0 Å². The molecule has 1 unspecified atom stereocenters. The van der Waals surface area contributed by atoms with Crippen LogP contribution in [-0.4, -0.2) is 7.11 Å². The zero-order chi connectivity index (χ0) is 14.1. The quantitative estimate of drug-likeness (QED) is 0.787. The fourth-order valence-electron chi connectivity index (χ4n) is 2.22. The van der Waals surface area contributed by atoms with Crippen molar-refractivity contribution < 1.29 is 9.15 Å². The van der Waals surface area contributed by atoms with Crippen LogP contribution in [0.1, 0.15) is 17.4 Å². The standard InChI is InChI=1S/C16H14ClNO2/c1-19-13-5-4-10-8-12(3-2-11(10)9-13)16(18)14-6-7-15(17)20-14/h2-9,16H,18H2,1H3. The van der Waals surface area contributed by atoms with Gasteiger partial charge in [0.2, 0.25) is 0 Å². The van der Waals surface area contributed by atoms with Crippen molar-refractivity contribution in [2.24, 2.45) is 5.73 Å². The maximum absolute atomic E-state index is 6.20. The summed E-state index contributed by atoms with van der Waals surface area (Å²) in [6.07, 6.45) is 0. The first-order chi connectivity index (χ1) is 9.67. The smallest absolute Gasteiger partial charge is 0.193 e. The third-order valence-electron chi connectivity index (χ3n) is 3.33. The lowest BCUT2D eigenvalue weighted by molar-refractivity contribution is 0.415. The van der Waals surface area contributed by atoms with Gasteiger partial charge in [0.05, 0.1) is 13.2 Å². The predicted octanol–water partition coefficient (Wildman–Crippen LogP) is 4.14. The van der Waals surface area contributed by atoms with Crippen molar-refractivity contribution in [3.05, 3.63) is 65.1 Å². The summed E-state index contributed by atoms with van der Waals surface area (Å²) in [5.41, 5.74) is 7.18. The SMILES string of the molecule is COc1ccc2cc(C(N)c3ccc(Cl)o3)ccc2c1. The van der Waals surface area contributed by atoms with Crippen LogP contribution in [0.3, 0.4) is 0 Å². The van der Waals surface area contributed by atoms with E-state index in [1.807, 2.05) is 30.3 Å². The molecule has 0 saturated carbocycles. The van der Waals surface area contributed by atoms with Crippen molar-refractivity contribution in [3.63, 3.8) is 0 Å². The average molecular weight is 288 g/mol. The lowest BCUT2D eigenvalue weighted by atomic mass is 10.0. The van der Waals surface area contributed by atoms with Gasteiger partial charge in [-0.2, -0.15) is 0 Å². The first kappa shape index (κ1) is 13.0. The van der Waals surface area contributed by atoms with Gasteiger partial charge in [-0.05, 0) is 58.3 Å². The molecule has 0 spiro atoms. The summed E-state index contributed by atoms with van der Waals surface area (Å²) >= 11 is 5.78. The highest BCUT2D eigenvalue weighted by molar-refractivity contribution is 6.28. The molecule has 0 saturated heterocycles. The van der Waals surface area contributed by atoms with E-state index < -0.39 is 0 Å². The maximum Gasteiger partial charge on any atom is 0.193 e. The van der Waals surface area contributed by atoms with E-state index in [2.05, 4.69) is 6.07 Å². The Hall–Kier alpha value is -1.97. The molecule has 102 valence electrons. The Labute approximate surface area is 121 Å². The minimum Gasteiger partial charge on any atom is -0.497 e. The van der Waals surface area contributed by atoms with Crippen LogP contribution in [0.15, 0.2) is 52.9 Å². The van der Waals surface area contributed by atoms with Crippen LogP contribution < -0.4 is 10.5 Å². The molecule has 0 bridgehead atoms. The minimum absolute atomic E-state index is 0.325. The number of halogens is 1. The van der Waals surface area contributed by atoms with Crippen molar-refractivity contribution in [3.8, 4) is 5.75 Å². The molecular formula is C16H14ClNO2. The van der Waals surface area contributed by atoms with E-state index in [-0.39, 0.29) is 6.04 Å². The molecule has 0 fully saturated rings. The number of ether oxygens (including phenoxy) is 1. The van der Waals surface area contributed by atoms with Gasteiger partial charge in [-0.25, -0.2) is 0 Å². The lowest BCUT2D eigenvalue weighted by Gasteiger charge is -2.11. The van der Waals surface area contributed by atoms with Gasteiger partial charge in [-0.1, -0.05) is 18.2 Å². The highest BCUT2D eigenvalue weighted by Crippen LogP contribution is 2.28. The number of hydrogen-bond donors (Lipinski definition) is 1. The fraction of sp³-hybridized carbons (Fsp3) is 0.125. The average Bonchev–Trinajstić information content (AvgIpc) is 2.92. The summed E-state index contributed by atoms with van der Waals surface area (Å²) < 4.78 is 10.6. The third-order valence-corrected chi connectivity index (χ3v) is 3.53. The van der Waals surface area contributed by atoms with E-state index >= 15 is 0 Å². The zero-order valence-electron chi connectivity index (χ0n) is 11.0. The molecule has 4 heteroatoms. The first-order valence-corrected chi connectivity index (χ1v) is 6.64. The van der Waals surface area contributed by atoms with Crippen molar-refractivity contribution in [2.75, 3.05) is 7.11 Å². The second-order valence-corrected chi connectivity index (χ2v) is 4.96. The molecule has 1 atom stereocenters. The topological polar surface area (TPSA) is 48.4 Å². The molecule has 0 aliphatic carbocycles. The van der Waals surface area contributed by atoms with Gasteiger partial charge in [0.15, 0.2) is 5.22 Å². The number of nitrogens with two attached hydrogens (primary N) is 1. The van der Waals surface area contributed by atoms with Crippen LogP contribution in [0.5, 0.6) is 5.75 Å².